The van der Waals surface area contributed by atoms with Gasteiger partial charge in [-0.1, -0.05) is 0 Å². The Labute approximate surface area is 160 Å². The van der Waals surface area contributed by atoms with Crippen LogP contribution in [0.2, 0.25) is 0 Å². The summed E-state index contributed by atoms with van der Waals surface area (Å²) in [7, 11) is -3.34. The molecule has 0 unspecified atom stereocenters. The van der Waals surface area contributed by atoms with Crippen molar-refractivity contribution in [1.29, 1.82) is 0 Å². The summed E-state index contributed by atoms with van der Waals surface area (Å²) in [5, 5.41) is 3.72. The Kier molecular flexibility index (Phi) is 5.96. The van der Waals surface area contributed by atoms with E-state index in [-0.39, 0.29) is 18.6 Å². The Hall–Kier alpha value is -2.11. The maximum absolute atomic E-state index is 12.7. The van der Waals surface area contributed by atoms with Gasteiger partial charge in [0.05, 0.1) is 36.9 Å². The van der Waals surface area contributed by atoms with Crippen molar-refractivity contribution in [3.63, 3.8) is 0 Å². The highest BCUT2D eigenvalue weighted by Gasteiger charge is 2.32. The van der Waals surface area contributed by atoms with Crippen LogP contribution >= 0.6 is 0 Å². The number of rotatable bonds is 6. The topological polar surface area (TPSA) is 82.5 Å². The average molecular weight is 419 g/mol. The molecule has 0 aliphatic carbocycles. The van der Waals surface area contributed by atoms with Crippen molar-refractivity contribution >= 4 is 10.0 Å². The van der Waals surface area contributed by atoms with E-state index in [0.29, 0.717) is 31.1 Å². The Morgan fingerprint density at radius 2 is 2.04 bits per heavy atom. The zero-order chi connectivity index (χ0) is 20.4. The Bertz CT molecular complexity index is 897. The van der Waals surface area contributed by atoms with E-state index in [2.05, 4.69) is 9.82 Å². The van der Waals surface area contributed by atoms with E-state index in [4.69, 9.17) is 9.47 Å². The largest absolute Gasteiger partial charge is 0.493 e. The minimum atomic E-state index is -4.44. The number of aromatic nitrogens is 2. The van der Waals surface area contributed by atoms with Crippen LogP contribution < -0.4 is 9.46 Å². The van der Waals surface area contributed by atoms with Crippen LogP contribution in [-0.4, -0.2) is 50.3 Å². The van der Waals surface area contributed by atoms with Crippen LogP contribution in [0.25, 0.3) is 5.69 Å². The van der Waals surface area contributed by atoms with E-state index < -0.39 is 21.8 Å². The van der Waals surface area contributed by atoms with Crippen molar-refractivity contribution in [3.05, 3.63) is 42.2 Å². The minimum Gasteiger partial charge on any atom is -0.493 e. The maximum atomic E-state index is 12.7. The molecule has 7 nitrogen and oxygen atoms in total. The first kappa shape index (κ1) is 20.6. The van der Waals surface area contributed by atoms with Crippen molar-refractivity contribution in [2.45, 2.75) is 18.6 Å². The van der Waals surface area contributed by atoms with Gasteiger partial charge in [0.2, 0.25) is 10.0 Å². The number of nitrogens with zero attached hydrogens (tertiary/aromatic N) is 2. The summed E-state index contributed by atoms with van der Waals surface area (Å²) >= 11 is 0. The van der Waals surface area contributed by atoms with Crippen LogP contribution in [0.3, 0.4) is 0 Å². The zero-order valence-corrected chi connectivity index (χ0v) is 15.8. The van der Waals surface area contributed by atoms with Gasteiger partial charge in [0.1, 0.15) is 5.75 Å². The molecular formula is C17H20F3N3O4S. The third-order valence-electron chi connectivity index (χ3n) is 4.31. The standard InChI is InChI=1S/C17H20F3N3O4S/c1-28(24,25)22-16-6-7-26-10-12(16)11-27-15-4-2-14(3-5-15)23-9-13(8-21-23)17(18,19)20/h2-5,8-9,12,16,22H,6-7,10-11H2,1H3/t12-,16+/m1/s1. The van der Waals surface area contributed by atoms with Crippen LogP contribution in [-0.2, 0) is 20.9 Å². The highest BCUT2D eigenvalue weighted by atomic mass is 32.2. The predicted molar refractivity (Wildman–Crippen MR) is 94.8 cm³/mol. The van der Waals surface area contributed by atoms with Gasteiger partial charge in [0.25, 0.3) is 0 Å². The molecule has 11 heteroatoms. The van der Waals surface area contributed by atoms with E-state index in [1.54, 1.807) is 24.3 Å². The lowest BCUT2D eigenvalue weighted by atomic mass is 9.98. The summed E-state index contributed by atoms with van der Waals surface area (Å²) in [6.45, 7) is 1.09. The van der Waals surface area contributed by atoms with Crippen LogP contribution in [0.1, 0.15) is 12.0 Å². The number of hydrogen-bond acceptors (Lipinski definition) is 5. The molecule has 3 rings (SSSR count). The molecule has 1 aromatic heterocycles. The fourth-order valence-corrected chi connectivity index (χ4v) is 3.76. The van der Waals surface area contributed by atoms with Crippen LogP contribution in [0.15, 0.2) is 36.7 Å². The summed E-state index contributed by atoms with van der Waals surface area (Å²) in [6, 6.07) is 6.14. The number of benzene rings is 1. The van der Waals surface area contributed by atoms with E-state index in [0.717, 1.165) is 23.3 Å². The van der Waals surface area contributed by atoms with E-state index in [1.165, 1.54) is 0 Å². The lowest BCUT2D eigenvalue weighted by molar-refractivity contribution is -0.137. The summed E-state index contributed by atoms with van der Waals surface area (Å²) < 4.78 is 75.8. The van der Waals surface area contributed by atoms with Gasteiger partial charge in [0.15, 0.2) is 0 Å². The molecular weight excluding hydrogens is 399 g/mol. The fraction of sp³-hybridized carbons (Fsp3) is 0.471. The molecule has 1 saturated heterocycles. The molecule has 2 heterocycles. The normalized spacial score (nSPS) is 20.9. The van der Waals surface area contributed by atoms with Crippen LogP contribution in [0, 0.1) is 5.92 Å². The monoisotopic (exact) mass is 419 g/mol. The van der Waals surface area contributed by atoms with Gasteiger partial charge in [-0.2, -0.15) is 18.3 Å². The molecule has 0 bridgehead atoms. The molecule has 0 saturated carbocycles. The molecule has 1 N–H and O–H groups in total. The number of halogens is 3. The third-order valence-corrected chi connectivity index (χ3v) is 5.05. The molecule has 2 atom stereocenters. The maximum Gasteiger partial charge on any atom is 0.419 e. The Morgan fingerprint density at radius 3 is 2.64 bits per heavy atom. The van der Waals surface area contributed by atoms with Gasteiger partial charge in [-0.05, 0) is 30.7 Å². The first-order chi connectivity index (χ1) is 13.1. The van der Waals surface area contributed by atoms with Crippen LogP contribution in [0.4, 0.5) is 13.2 Å². The SMILES string of the molecule is CS(=O)(=O)N[C@H]1CCOC[C@@H]1COc1ccc(-n2cc(C(F)(F)F)cn2)cc1. The predicted octanol–water partition coefficient (Wildman–Crippen LogP) is 2.22. The number of hydrogen-bond donors (Lipinski definition) is 1. The summed E-state index contributed by atoms with van der Waals surface area (Å²) in [6.07, 6.45) is -1.10. The molecule has 154 valence electrons. The second-order valence-electron chi connectivity index (χ2n) is 6.60. The van der Waals surface area contributed by atoms with Gasteiger partial charge in [-0.15, -0.1) is 0 Å². The quantitative estimate of drug-likeness (QED) is 0.777. The lowest BCUT2D eigenvalue weighted by Gasteiger charge is -2.31. The number of sulfonamides is 1. The first-order valence-electron chi connectivity index (χ1n) is 8.52. The van der Waals surface area contributed by atoms with Crippen molar-refractivity contribution in [1.82, 2.24) is 14.5 Å². The van der Waals surface area contributed by atoms with E-state index in [1.807, 2.05) is 0 Å². The first-order valence-corrected chi connectivity index (χ1v) is 10.4. The molecule has 28 heavy (non-hydrogen) atoms. The van der Waals surface area contributed by atoms with Gasteiger partial charge in [-0.25, -0.2) is 17.8 Å². The van der Waals surface area contributed by atoms with Crippen molar-refractivity contribution in [2.75, 3.05) is 26.1 Å². The van der Waals surface area contributed by atoms with Gasteiger partial charge in [-0.3, -0.25) is 0 Å². The summed E-state index contributed by atoms with van der Waals surface area (Å²) in [5.74, 6) is 0.360. The molecule has 0 radical (unpaired) electrons. The van der Waals surface area contributed by atoms with Crippen molar-refractivity contribution < 1.29 is 31.1 Å². The summed E-state index contributed by atoms with van der Waals surface area (Å²) in [5.41, 5.74) is -0.366. The zero-order valence-electron chi connectivity index (χ0n) is 15.0. The highest BCUT2D eigenvalue weighted by molar-refractivity contribution is 7.88. The fourth-order valence-electron chi connectivity index (χ4n) is 2.90. The lowest BCUT2D eigenvalue weighted by Crippen LogP contribution is -2.47. The molecule has 0 spiro atoms. The molecule has 1 aromatic carbocycles. The molecule has 2 aromatic rings. The van der Waals surface area contributed by atoms with Crippen LogP contribution in [0.5, 0.6) is 5.75 Å². The summed E-state index contributed by atoms with van der Waals surface area (Å²) in [4.78, 5) is 0. The average Bonchev–Trinajstić information content (AvgIpc) is 3.11. The second kappa shape index (κ2) is 8.10. The minimum absolute atomic E-state index is 0.149. The number of nitrogens with one attached hydrogen (secondary N) is 1. The Morgan fingerprint density at radius 1 is 1.32 bits per heavy atom. The molecule has 1 aliphatic heterocycles. The number of ether oxygens (including phenoxy) is 2. The smallest absolute Gasteiger partial charge is 0.419 e. The van der Waals surface area contributed by atoms with Gasteiger partial charge in [0, 0.05) is 24.8 Å². The molecule has 1 aliphatic rings. The van der Waals surface area contributed by atoms with Crippen molar-refractivity contribution in [3.8, 4) is 11.4 Å². The molecule has 0 amide bonds. The highest BCUT2D eigenvalue weighted by Crippen LogP contribution is 2.29. The van der Waals surface area contributed by atoms with Gasteiger partial charge >= 0.3 is 6.18 Å². The van der Waals surface area contributed by atoms with Gasteiger partial charge < -0.3 is 9.47 Å². The van der Waals surface area contributed by atoms with Crippen molar-refractivity contribution in [2.24, 2.45) is 5.92 Å². The second-order valence-corrected chi connectivity index (χ2v) is 8.38. The van der Waals surface area contributed by atoms with E-state index >= 15 is 0 Å². The third kappa shape index (κ3) is 5.46. The van der Waals surface area contributed by atoms with E-state index in [9.17, 15) is 21.6 Å². The number of alkyl halides is 3. The Balaban J connectivity index is 1.62. The molecule has 1 fully saturated rings.